The number of hydrogen-bond acceptors (Lipinski definition) is 2. The lowest BCUT2D eigenvalue weighted by Gasteiger charge is -2.17. The van der Waals surface area contributed by atoms with Crippen molar-refractivity contribution in [3.63, 3.8) is 0 Å². The first-order valence-electron chi connectivity index (χ1n) is 7.35. The maximum absolute atomic E-state index is 12.2. The maximum Gasteiger partial charge on any atom is 0.275 e. The molecule has 118 valence electrons. The van der Waals surface area contributed by atoms with Crippen LogP contribution in [0.1, 0.15) is 29.0 Å². The molecule has 0 bridgehead atoms. The Morgan fingerprint density at radius 1 is 1.32 bits per heavy atom. The van der Waals surface area contributed by atoms with Crippen LogP contribution in [0.15, 0.2) is 40.2 Å². The fourth-order valence-electron chi connectivity index (χ4n) is 2.32. The third kappa shape index (κ3) is 4.93. The van der Waals surface area contributed by atoms with Gasteiger partial charge in [0.05, 0.1) is 18.0 Å². The Bertz CT molecular complexity index is 624. The SMILES string of the molecule is Cc1ccsc1C[NH+](C)CC(=O)N[C@H](C)c1ccc(Br)cc1. The topological polar surface area (TPSA) is 33.5 Å². The number of likely N-dealkylation sites (N-methyl/N-ethyl adjacent to an activating group) is 1. The lowest BCUT2D eigenvalue weighted by Crippen LogP contribution is -3.08. The second-order valence-corrected chi connectivity index (χ2v) is 7.59. The van der Waals surface area contributed by atoms with E-state index < -0.39 is 0 Å². The average Bonchev–Trinajstić information content (AvgIpc) is 2.84. The third-order valence-corrected chi connectivity index (χ3v) is 5.19. The summed E-state index contributed by atoms with van der Waals surface area (Å²) >= 11 is 5.18. The van der Waals surface area contributed by atoms with Gasteiger partial charge < -0.3 is 10.2 Å². The number of benzene rings is 1. The highest BCUT2D eigenvalue weighted by molar-refractivity contribution is 9.10. The van der Waals surface area contributed by atoms with E-state index in [4.69, 9.17) is 0 Å². The summed E-state index contributed by atoms with van der Waals surface area (Å²) in [6.07, 6.45) is 0. The number of hydrogen-bond donors (Lipinski definition) is 2. The number of thiophene rings is 1. The van der Waals surface area contributed by atoms with Crippen LogP contribution in [0, 0.1) is 6.92 Å². The lowest BCUT2D eigenvalue weighted by atomic mass is 10.1. The molecule has 1 aromatic carbocycles. The van der Waals surface area contributed by atoms with Crippen LogP contribution in [-0.2, 0) is 11.3 Å². The summed E-state index contributed by atoms with van der Waals surface area (Å²) in [7, 11) is 2.06. The van der Waals surface area contributed by atoms with Gasteiger partial charge in [0.2, 0.25) is 0 Å². The first kappa shape index (κ1) is 17.2. The van der Waals surface area contributed by atoms with Gasteiger partial charge in [0.15, 0.2) is 6.54 Å². The van der Waals surface area contributed by atoms with E-state index in [1.165, 1.54) is 15.3 Å². The summed E-state index contributed by atoms with van der Waals surface area (Å²) in [4.78, 5) is 14.7. The number of carbonyl (C=O) groups excluding carboxylic acids is 1. The first-order valence-corrected chi connectivity index (χ1v) is 9.02. The molecule has 2 rings (SSSR count). The van der Waals surface area contributed by atoms with E-state index in [2.05, 4.69) is 46.7 Å². The molecule has 1 aromatic heterocycles. The van der Waals surface area contributed by atoms with Crippen molar-refractivity contribution in [1.82, 2.24) is 5.32 Å². The molecule has 1 heterocycles. The Balaban J connectivity index is 1.84. The van der Waals surface area contributed by atoms with Crippen molar-refractivity contribution in [3.05, 3.63) is 56.2 Å². The number of carbonyl (C=O) groups is 1. The van der Waals surface area contributed by atoms with Crippen LogP contribution in [-0.4, -0.2) is 19.5 Å². The third-order valence-electron chi connectivity index (χ3n) is 3.64. The number of aryl methyl sites for hydroxylation is 1. The van der Waals surface area contributed by atoms with E-state index in [0.29, 0.717) is 6.54 Å². The molecule has 0 radical (unpaired) electrons. The van der Waals surface area contributed by atoms with Gasteiger partial charge in [-0.2, -0.15) is 0 Å². The molecule has 0 aliphatic rings. The van der Waals surface area contributed by atoms with Crippen molar-refractivity contribution in [1.29, 1.82) is 0 Å². The molecule has 0 saturated heterocycles. The molecular weight excluding hydrogens is 360 g/mol. The monoisotopic (exact) mass is 381 g/mol. The number of amides is 1. The summed E-state index contributed by atoms with van der Waals surface area (Å²) < 4.78 is 1.05. The van der Waals surface area contributed by atoms with Gasteiger partial charge in [-0.3, -0.25) is 4.79 Å². The fraction of sp³-hybridized carbons (Fsp3) is 0.353. The highest BCUT2D eigenvalue weighted by Gasteiger charge is 2.15. The van der Waals surface area contributed by atoms with Gasteiger partial charge in [0, 0.05) is 4.47 Å². The van der Waals surface area contributed by atoms with Crippen LogP contribution < -0.4 is 10.2 Å². The largest absolute Gasteiger partial charge is 0.345 e. The van der Waals surface area contributed by atoms with E-state index in [9.17, 15) is 4.79 Å². The molecule has 0 aliphatic carbocycles. The molecule has 22 heavy (non-hydrogen) atoms. The molecule has 2 N–H and O–H groups in total. The van der Waals surface area contributed by atoms with Gasteiger partial charge in [-0.25, -0.2) is 0 Å². The van der Waals surface area contributed by atoms with Crippen molar-refractivity contribution in [2.75, 3.05) is 13.6 Å². The van der Waals surface area contributed by atoms with E-state index in [-0.39, 0.29) is 11.9 Å². The second kappa shape index (κ2) is 7.90. The minimum atomic E-state index is 0.0249. The Morgan fingerprint density at radius 2 is 2.00 bits per heavy atom. The summed E-state index contributed by atoms with van der Waals surface area (Å²) in [5.41, 5.74) is 2.43. The van der Waals surface area contributed by atoms with Gasteiger partial charge in [-0.05, 0) is 48.6 Å². The molecule has 2 atom stereocenters. The minimum Gasteiger partial charge on any atom is -0.345 e. The van der Waals surface area contributed by atoms with Crippen LogP contribution >= 0.6 is 27.3 Å². The molecule has 1 unspecified atom stereocenters. The zero-order chi connectivity index (χ0) is 16.1. The molecule has 1 amide bonds. The molecule has 0 saturated carbocycles. The van der Waals surface area contributed by atoms with E-state index in [0.717, 1.165) is 16.6 Å². The number of nitrogens with one attached hydrogen (secondary N) is 2. The molecule has 0 fully saturated rings. The minimum absolute atomic E-state index is 0.0249. The lowest BCUT2D eigenvalue weighted by molar-refractivity contribution is -0.885. The summed E-state index contributed by atoms with van der Waals surface area (Å²) in [5, 5.41) is 5.17. The van der Waals surface area contributed by atoms with Crippen molar-refractivity contribution in [2.45, 2.75) is 26.4 Å². The Kier molecular flexibility index (Phi) is 6.17. The van der Waals surface area contributed by atoms with Gasteiger partial charge in [-0.1, -0.05) is 28.1 Å². The predicted octanol–water partition coefficient (Wildman–Crippen LogP) is 2.71. The fourth-order valence-corrected chi connectivity index (χ4v) is 3.61. The quantitative estimate of drug-likeness (QED) is 0.792. The molecule has 0 aliphatic heterocycles. The Hall–Kier alpha value is -1.17. The summed E-state index contributed by atoms with van der Waals surface area (Å²) in [6.45, 7) is 5.51. The molecule has 5 heteroatoms. The van der Waals surface area contributed by atoms with Crippen molar-refractivity contribution >= 4 is 33.2 Å². The van der Waals surface area contributed by atoms with Crippen LogP contribution in [0.4, 0.5) is 0 Å². The maximum atomic E-state index is 12.2. The van der Waals surface area contributed by atoms with Crippen LogP contribution in [0.25, 0.3) is 0 Å². The Labute approximate surface area is 144 Å². The first-order chi connectivity index (χ1) is 10.5. The van der Waals surface area contributed by atoms with Gasteiger partial charge in [-0.15, -0.1) is 11.3 Å². The smallest absolute Gasteiger partial charge is 0.275 e. The van der Waals surface area contributed by atoms with Gasteiger partial charge in [0.1, 0.15) is 6.54 Å². The number of quaternary nitrogens is 1. The highest BCUT2D eigenvalue weighted by Crippen LogP contribution is 2.16. The second-order valence-electron chi connectivity index (χ2n) is 5.68. The summed E-state index contributed by atoms with van der Waals surface area (Å²) in [5.74, 6) is 0.0853. The van der Waals surface area contributed by atoms with Crippen LogP contribution in [0.5, 0.6) is 0 Å². The van der Waals surface area contributed by atoms with Crippen molar-refractivity contribution in [3.8, 4) is 0 Å². The van der Waals surface area contributed by atoms with Crippen LogP contribution in [0.3, 0.4) is 0 Å². The highest BCUT2D eigenvalue weighted by atomic mass is 79.9. The number of rotatable bonds is 6. The normalized spacial score (nSPS) is 13.6. The van der Waals surface area contributed by atoms with Gasteiger partial charge >= 0.3 is 0 Å². The molecular formula is C17H22BrN2OS+. The summed E-state index contributed by atoms with van der Waals surface area (Å²) in [6, 6.07) is 10.2. The van der Waals surface area contributed by atoms with Crippen molar-refractivity contribution in [2.24, 2.45) is 0 Å². The zero-order valence-corrected chi connectivity index (χ0v) is 15.6. The van der Waals surface area contributed by atoms with E-state index in [1.54, 1.807) is 11.3 Å². The molecule has 2 aromatic rings. The van der Waals surface area contributed by atoms with Gasteiger partial charge in [0.25, 0.3) is 5.91 Å². The predicted molar refractivity (Wildman–Crippen MR) is 95.2 cm³/mol. The number of halogens is 1. The van der Waals surface area contributed by atoms with Crippen molar-refractivity contribution < 1.29 is 9.69 Å². The van der Waals surface area contributed by atoms with E-state index in [1.807, 2.05) is 31.2 Å². The molecule has 3 nitrogen and oxygen atoms in total. The molecule has 0 spiro atoms. The zero-order valence-electron chi connectivity index (χ0n) is 13.2. The van der Waals surface area contributed by atoms with Crippen LogP contribution in [0.2, 0.25) is 0 Å². The standard InChI is InChI=1S/C17H21BrN2OS/c1-12-8-9-22-16(12)10-20(3)11-17(21)19-13(2)14-4-6-15(18)7-5-14/h4-9,13H,10-11H2,1-3H3,(H,19,21)/p+1/t13-/m1/s1. The van der Waals surface area contributed by atoms with E-state index >= 15 is 0 Å². The Morgan fingerprint density at radius 3 is 2.59 bits per heavy atom. The average molecular weight is 382 g/mol.